The standard InChI is InChI=1S/C23H41N5O2/c1-6-27-10-12-28(13-11-27)20(3)17-25-23(24-4)26-18-21-9-8-19(2)16-22(21)30-15-7-14-29-5/h8-9,16,20H,6-7,10-15,17-18H2,1-5H3,(H2,24,25,26). The molecule has 0 spiro atoms. The number of benzene rings is 1. The van der Waals surface area contributed by atoms with E-state index in [1.165, 1.54) is 5.56 Å². The van der Waals surface area contributed by atoms with Gasteiger partial charge in [0.25, 0.3) is 0 Å². The highest BCUT2D eigenvalue weighted by Crippen LogP contribution is 2.20. The van der Waals surface area contributed by atoms with Crippen LogP contribution in [0.4, 0.5) is 0 Å². The molecule has 7 heteroatoms. The zero-order chi connectivity index (χ0) is 21.8. The fourth-order valence-corrected chi connectivity index (χ4v) is 3.62. The van der Waals surface area contributed by atoms with Crippen LogP contribution in [0.5, 0.6) is 5.75 Å². The summed E-state index contributed by atoms with van der Waals surface area (Å²) < 4.78 is 11.1. The molecule has 0 radical (unpaired) electrons. The first kappa shape index (κ1) is 24.4. The van der Waals surface area contributed by atoms with Crippen molar-refractivity contribution in [3.05, 3.63) is 29.3 Å². The first-order valence-electron chi connectivity index (χ1n) is 11.2. The number of likely N-dealkylation sites (N-methyl/N-ethyl adjacent to an activating group) is 1. The molecular formula is C23H41N5O2. The molecule has 0 aliphatic carbocycles. The Bertz CT molecular complexity index is 644. The summed E-state index contributed by atoms with van der Waals surface area (Å²) in [5, 5.41) is 6.91. The van der Waals surface area contributed by atoms with Crippen LogP contribution in [-0.4, -0.2) is 88.4 Å². The summed E-state index contributed by atoms with van der Waals surface area (Å²) in [6.07, 6.45) is 0.880. The molecule has 1 heterocycles. The van der Waals surface area contributed by atoms with Gasteiger partial charge >= 0.3 is 0 Å². The van der Waals surface area contributed by atoms with E-state index in [0.29, 0.717) is 25.8 Å². The molecule has 1 aliphatic heterocycles. The third-order valence-electron chi connectivity index (χ3n) is 5.69. The van der Waals surface area contributed by atoms with Crippen molar-refractivity contribution in [2.24, 2.45) is 4.99 Å². The predicted molar refractivity (Wildman–Crippen MR) is 125 cm³/mol. The van der Waals surface area contributed by atoms with Gasteiger partial charge in [-0.25, -0.2) is 0 Å². The summed E-state index contributed by atoms with van der Waals surface area (Å²) in [7, 11) is 3.53. The Morgan fingerprint density at radius 1 is 1.17 bits per heavy atom. The Morgan fingerprint density at radius 2 is 1.93 bits per heavy atom. The van der Waals surface area contributed by atoms with Crippen LogP contribution in [0.3, 0.4) is 0 Å². The van der Waals surface area contributed by atoms with Gasteiger partial charge in [-0.1, -0.05) is 19.1 Å². The van der Waals surface area contributed by atoms with Crippen molar-refractivity contribution in [3.63, 3.8) is 0 Å². The van der Waals surface area contributed by atoms with Gasteiger partial charge in [-0.3, -0.25) is 9.89 Å². The Hall–Kier alpha value is -1.83. The van der Waals surface area contributed by atoms with Crippen molar-refractivity contribution in [3.8, 4) is 5.75 Å². The highest BCUT2D eigenvalue weighted by Gasteiger charge is 2.20. The van der Waals surface area contributed by atoms with Crippen LogP contribution >= 0.6 is 0 Å². The lowest BCUT2D eigenvalue weighted by molar-refractivity contribution is 0.107. The summed E-state index contributed by atoms with van der Waals surface area (Å²) in [6, 6.07) is 6.81. The van der Waals surface area contributed by atoms with Crippen molar-refractivity contribution < 1.29 is 9.47 Å². The number of aliphatic imine (C=N–C) groups is 1. The van der Waals surface area contributed by atoms with Crippen molar-refractivity contribution >= 4 is 5.96 Å². The smallest absolute Gasteiger partial charge is 0.191 e. The highest BCUT2D eigenvalue weighted by molar-refractivity contribution is 5.79. The van der Waals surface area contributed by atoms with Crippen molar-refractivity contribution in [2.75, 3.05) is 66.6 Å². The fourth-order valence-electron chi connectivity index (χ4n) is 3.62. The van der Waals surface area contributed by atoms with Gasteiger partial charge in [-0.05, 0) is 32.0 Å². The van der Waals surface area contributed by atoms with E-state index < -0.39 is 0 Å². The number of nitrogens with one attached hydrogen (secondary N) is 2. The van der Waals surface area contributed by atoms with E-state index in [2.05, 4.69) is 64.4 Å². The van der Waals surface area contributed by atoms with E-state index in [9.17, 15) is 0 Å². The minimum atomic E-state index is 0.474. The number of methoxy groups -OCH3 is 1. The van der Waals surface area contributed by atoms with Crippen LogP contribution in [0.15, 0.2) is 23.2 Å². The van der Waals surface area contributed by atoms with E-state index >= 15 is 0 Å². The summed E-state index contributed by atoms with van der Waals surface area (Å²) in [5.74, 6) is 1.75. The molecule has 170 valence electrons. The molecule has 2 N–H and O–H groups in total. The molecule has 0 bridgehead atoms. The Balaban J connectivity index is 1.81. The van der Waals surface area contributed by atoms with Gasteiger partial charge in [0.05, 0.1) is 6.61 Å². The quantitative estimate of drug-likeness (QED) is 0.325. The molecule has 2 rings (SSSR count). The Kier molecular flexibility index (Phi) is 11.0. The van der Waals surface area contributed by atoms with Crippen LogP contribution in [0.25, 0.3) is 0 Å². The molecule has 1 saturated heterocycles. The van der Waals surface area contributed by atoms with Crippen LogP contribution in [0, 0.1) is 6.92 Å². The fraction of sp³-hybridized carbons (Fsp3) is 0.696. The third-order valence-corrected chi connectivity index (χ3v) is 5.69. The topological polar surface area (TPSA) is 61.4 Å². The van der Waals surface area contributed by atoms with Crippen LogP contribution < -0.4 is 15.4 Å². The van der Waals surface area contributed by atoms with E-state index in [1.54, 1.807) is 7.11 Å². The molecule has 30 heavy (non-hydrogen) atoms. The number of rotatable bonds is 11. The summed E-state index contributed by atoms with van der Waals surface area (Å²) >= 11 is 0. The highest BCUT2D eigenvalue weighted by atomic mass is 16.5. The van der Waals surface area contributed by atoms with E-state index in [4.69, 9.17) is 9.47 Å². The lowest BCUT2D eigenvalue weighted by Crippen LogP contribution is -2.53. The molecule has 1 atom stereocenters. The molecule has 1 aromatic rings. The van der Waals surface area contributed by atoms with E-state index in [1.807, 2.05) is 7.05 Å². The second-order valence-electron chi connectivity index (χ2n) is 7.93. The zero-order valence-electron chi connectivity index (χ0n) is 19.5. The SMILES string of the molecule is CCN1CCN(C(C)CNC(=NC)NCc2ccc(C)cc2OCCCOC)CC1. The molecule has 1 fully saturated rings. The summed E-state index contributed by atoms with van der Waals surface area (Å²) in [4.78, 5) is 9.45. The number of ether oxygens (including phenoxy) is 2. The molecule has 0 aromatic heterocycles. The van der Waals surface area contributed by atoms with Crippen molar-refractivity contribution in [2.45, 2.75) is 39.8 Å². The van der Waals surface area contributed by atoms with Crippen molar-refractivity contribution in [1.82, 2.24) is 20.4 Å². The normalized spacial score (nSPS) is 17.0. The molecule has 7 nitrogen and oxygen atoms in total. The minimum Gasteiger partial charge on any atom is -0.493 e. The largest absolute Gasteiger partial charge is 0.493 e. The van der Waals surface area contributed by atoms with Gasteiger partial charge in [-0.15, -0.1) is 0 Å². The Morgan fingerprint density at radius 3 is 2.60 bits per heavy atom. The van der Waals surface area contributed by atoms with Gasteiger partial charge in [-0.2, -0.15) is 0 Å². The monoisotopic (exact) mass is 419 g/mol. The molecule has 0 amide bonds. The average molecular weight is 420 g/mol. The first-order chi connectivity index (χ1) is 14.6. The van der Waals surface area contributed by atoms with Gasteiger partial charge < -0.3 is 25.0 Å². The van der Waals surface area contributed by atoms with Crippen LogP contribution in [0.1, 0.15) is 31.4 Å². The van der Waals surface area contributed by atoms with Crippen LogP contribution in [-0.2, 0) is 11.3 Å². The first-order valence-corrected chi connectivity index (χ1v) is 11.2. The predicted octanol–water partition coefficient (Wildman–Crippen LogP) is 2.10. The second kappa shape index (κ2) is 13.5. The maximum absolute atomic E-state index is 5.99. The maximum atomic E-state index is 5.99. The lowest BCUT2D eigenvalue weighted by Gasteiger charge is -2.37. The number of hydrogen-bond donors (Lipinski definition) is 2. The zero-order valence-corrected chi connectivity index (χ0v) is 19.5. The number of guanidine groups is 1. The number of aryl methyl sites for hydroxylation is 1. The average Bonchev–Trinajstić information content (AvgIpc) is 2.77. The van der Waals surface area contributed by atoms with Gasteiger partial charge in [0.2, 0.25) is 0 Å². The lowest BCUT2D eigenvalue weighted by atomic mass is 10.1. The molecule has 1 aliphatic rings. The third kappa shape index (κ3) is 8.13. The van der Waals surface area contributed by atoms with Crippen LogP contribution in [0.2, 0.25) is 0 Å². The number of nitrogens with zero attached hydrogens (tertiary/aromatic N) is 3. The van der Waals surface area contributed by atoms with Gasteiger partial charge in [0, 0.05) is 78.1 Å². The van der Waals surface area contributed by atoms with Gasteiger partial charge in [0.1, 0.15) is 5.75 Å². The Labute approximate surface area is 182 Å². The maximum Gasteiger partial charge on any atom is 0.191 e. The van der Waals surface area contributed by atoms with Crippen molar-refractivity contribution in [1.29, 1.82) is 0 Å². The summed E-state index contributed by atoms with van der Waals surface area (Å²) in [5.41, 5.74) is 2.32. The molecule has 0 saturated carbocycles. The molecular weight excluding hydrogens is 378 g/mol. The van der Waals surface area contributed by atoms with E-state index in [0.717, 1.165) is 63.0 Å². The van der Waals surface area contributed by atoms with Gasteiger partial charge in [0.15, 0.2) is 5.96 Å². The number of piperazine rings is 1. The minimum absolute atomic E-state index is 0.474. The molecule has 1 aromatic carbocycles. The van der Waals surface area contributed by atoms with E-state index in [-0.39, 0.29) is 0 Å². The molecule has 1 unspecified atom stereocenters. The number of hydrogen-bond acceptors (Lipinski definition) is 5. The summed E-state index contributed by atoms with van der Waals surface area (Å²) in [6.45, 7) is 15.3. The second-order valence-corrected chi connectivity index (χ2v) is 7.93.